The van der Waals surface area contributed by atoms with Crippen molar-refractivity contribution < 1.29 is 4.79 Å². The molecule has 4 unspecified atom stereocenters. The first kappa shape index (κ1) is 17.7. The molecule has 4 atom stereocenters. The molecule has 0 spiro atoms. The fourth-order valence-electron chi connectivity index (χ4n) is 5.47. The number of ketones is 1. The number of rotatable bonds is 5. The molecule has 2 fully saturated rings. The third-order valence-corrected chi connectivity index (χ3v) is 7.34. The van der Waals surface area contributed by atoms with Gasteiger partial charge in [0, 0.05) is 5.57 Å². The Morgan fingerprint density at radius 1 is 1.17 bits per heavy atom. The van der Waals surface area contributed by atoms with Crippen LogP contribution in [0.1, 0.15) is 65.2 Å². The lowest BCUT2D eigenvalue weighted by molar-refractivity contribution is -0.111. The molecular formula is C23H34O. The molecule has 0 radical (unpaired) electrons. The van der Waals surface area contributed by atoms with Crippen LogP contribution in [0.3, 0.4) is 0 Å². The van der Waals surface area contributed by atoms with Gasteiger partial charge in [0.25, 0.3) is 0 Å². The Balaban J connectivity index is 1.56. The van der Waals surface area contributed by atoms with Crippen LogP contribution in [0.2, 0.25) is 0 Å². The summed E-state index contributed by atoms with van der Waals surface area (Å²) in [5.41, 5.74) is 0.857. The van der Waals surface area contributed by atoms with Crippen LogP contribution in [0.4, 0.5) is 0 Å². The molecule has 0 bridgehead atoms. The summed E-state index contributed by atoms with van der Waals surface area (Å²) in [6.07, 6.45) is 19.1. The Bertz CT molecular complexity index is 518. The third-order valence-electron chi connectivity index (χ3n) is 7.34. The van der Waals surface area contributed by atoms with E-state index in [2.05, 4.69) is 32.6 Å². The lowest BCUT2D eigenvalue weighted by Gasteiger charge is -2.42. The minimum atomic E-state index is 0.0767. The van der Waals surface area contributed by atoms with E-state index >= 15 is 0 Å². The minimum absolute atomic E-state index is 0.0767. The van der Waals surface area contributed by atoms with Crippen LogP contribution in [0.25, 0.3) is 0 Å². The molecule has 3 aliphatic rings. The van der Waals surface area contributed by atoms with E-state index in [-0.39, 0.29) is 5.78 Å². The Morgan fingerprint density at radius 3 is 2.54 bits per heavy atom. The van der Waals surface area contributed by atoms with Gasteiger partial charge >= 0.3 is 0 Å². The average molecular weight is 327 g/mol. The van der Waals surface area contributed by atoms with Crippen LogP contribution in [-0.4, -0.2) is 5.78 Å². The van der Waals surface area contributed by atoms with Gasteiger partial charge in [0.2, 0.25) is 0 Å². The summed E-state index contributed by atoms with van der Waals surface area (Å²) in [6, 6.07) is 0. The van der Waals surface area contributed by atoms with Crippen molar-refractivity contribution in [3.05, 3.63) is 36.5 Å². The molecule has 1 heteroatoms. The van der Waals surface area contributed by atoms with Crippen molar-refractivity contribution in [3.8, 4) is 0 Å². The predicted molar refractivity (Wildman–Crippen MR) is 102 cm³/mol. The second-order valence-corrected chi connectivity index (χ2v) is 8.50. The molecule has 3 aliphatic carbocycles. The van der Waals surface area contributed by atoms with Gasteiger partial charge in [-0.3, -0.25) is 4.79 Å². The van der Waals surface area contributed by atoms with Crippen molar-refractivity contribution in [3.63, 3.8) is 0 Å². The summed E-state index contributed by atoms with van der Waals surface area (Å²) in [4.78, 5) is 11.8. The maximum absolute atomic E-state index is 11.8. The zero-order valence-corrected chi connectivity index (χ0v) is 15.5. The van der Waals surface area contributed by atoms with Gasteiger partial charge in [-0.15, -0.1) is 0 Å². The Kier molecular flexibility index (Phi) is 5.79. The van der Waals surface area contributed by atoms with Crippen molar-refractivity contribution in [1.29, 1.82) is 0 Å². The van der Waals surface area contributed by atoms with E-state index in [1.54, 1.807) is 0 Å². The van der Waals surface area contributed by atoms with Gasteiger partial charge in [-0.1, -0.05) is 57.9 Å². The standard InChI is InChI=1S/C23H34O/c1-4-17-6-8-18(9-7-17)16(3)19-10-11-21-15-22(23(24)5-2)13-12-20(21)14-19/h5,12-13,15-21H,2,4,6-11,14H2,1,3H3. The summed E-state index contributed by atoms with van der Waals surface area (Å²) in [5.74, 6) is 5.01. The Morgan fingerprint density at radius 2 is 1.88 bits per heavy atom. The van der Waals surface area contributed by atoms with Crippen molar-refractivity contribution in [2.24, 2.45) is 35.5 Å². The second kappa shape index (κ2) is 7.85. The predicted octanol–water partition coefficient (Wildman–Crippen LogP) is 6.12. The van der Waals surface area contributed by atoms with Crippen LogP contribution in [0.15, 0.2) is 36.5 Å². The van der Waals surface area contributed by atoms with Gasteiger partial charge in [0.15, 0.2) is 5.78 Å². The van der Waals surface area contributed by atoms with Gasteiger partial charge in [-0.2, -0.15) is 0 Å². The molecule has 0 aromatic rings. The van der Waals surface area contributed by atoms with Gasteiger partial charge in [0.05, 0.1) is 0 Å². The van der Waals surface area contributed by atoms with E-state index in [0.717, 1.165) is 29.2 Å². The van der Waals surface area contributed by atoms with E-state index < -0.39 is 0 Å². The van der Waals surface area contributed by atoms with Crippen LogP contribution >= 0.6 is 0 Å². The first-order valence-corrected chi connectivity index (χ1v) is 10.2. The van der Waals surface area contributed by atoms with E-state index in [1.807, 2.05) is 6.08 Å². The molecule has 0 heterocycles. The highest BCUT2D eigenvalue weighted by molar-refractivity contribution is 6.05. The van der Waals surface area contributed by atoms with E-state index in [4.69, 9.17) is 0 Å². The molecule has 0 aliphatic heterocycles. The van der Waals surface area contributed by atoms with E-state index in [9.17, 15) is 4.79 Å². The van der Waals surface area contributed by atoms with Crippen molar-refractivity contribution in [2.45, 2.75) is 65.2 Å². The normalized spacial score (nSPS) is 37.2. The van der Waals surface area contributed by atoms with Crippen LogP contribution in [0, 0.1) is 35.5 Å². The summed E-state index contributed by atoms with van der Waals surface area (Å²) >= 11 is 0. The summed E-state index contributed by atoms with van der Waals surface area (Å²) in [6.45, 7) is 8.49. The van der Waals surface area contributed by atoms with Crippen LogP contribution < -0.4 is 0 Å². The molecule has 0 aromatic carbocycles. The monoisotopic (exact) mass is 326 g/mol. The summed E-state index contributed by atoms with van der Waals surface area (Å²) in [7, 11) is 0. The molecule has 0 N–H and O–H groups in total. The number of fused-ring (bicyclic) bond motifs is 1. The lowest BCUT2D eigenvalue weighted by atomic mass is 9.63. The van der Waals surface area contributed by atoms with Gasteiger partial charge in [-0.25, -0.2) is 0 Å². The van der Waals surface area contributed by atoms with Gasteiger partial charge in [-0.05, 0) is 73.7 Å². The van der Waals surface area contributed by atoms with Crippen LogP contribution in [-0.2, 0) is 4.79 Å². The lowest BCUT2D eigenvalue weighted by Crippen LogP contribution is -2.32. The fourth-order valence-corrected chi connectivity index (χ4v) is 5.47. The number of carbonyl (C=O) groups excluding carboxylic acids is 1. The molecule has 1 nitrogen and oxygen atoms in total. The molecule has 0 aromatic heterocycles. The maximum atomic E-state index is 11.8. The van der Waals surface area contributed by atoms with E-state index in [1.165, 1.54) is 57.4 Å². The average Bonchev–Trinajstić information content (AvgIpc) is 2.66. The first-order chi connectivity index (χ1) is 11.6. The summed E-state index contributed by atoms with van der Waals surface area (Å²) < 4.78 is 0. The molecule has 0 saturated heterocycles. The highest BCUT2D eigenvalue weighted by Crippen LogP contribution is 2.46. The van der Waals surface area contributed by atoms with Gasteiger partial charge in [0.1, 0.15) is 0 Å². The summed E-state index contributed by atoms with van der Waals surface area (Å²) in [5, 5.41) is 0. The third kappa shape index (κ3) is 3.76. The topological polar surface area (TPSA) is 17.1 Å². The SMILES string of the molecule is C=CC(=O)C1=CC2CCC(C(C)C3CCC(CC)CC3)CC2C=C1. The fraction of sp³-hybridized carbons (Fsp3) is 0.696. The van der Waals surface area contributed by atoms with Crippen molar-refractivity contribution >= 4 is 5.78 Å². The molecule has 3 rings (SSSR count). The van der Waals surface area contributed by atoms with Crippen molar-refractivity contribution in [1.82, 2.24) is 0 Å². The molecular weight excluding hydrogens is 292 g/mol. The highest BCUT2D eigenvalue weighted by atomic mass is 16.1. The number of allylic oxidation sites excluding steroid dienone is 5. The molecule has 132 valence electrons. The van der Waals surface area contributed by atoms with Crippen molar-refractivity contribution in [2.75, 3.05) is 0 Å². The second-order valence-electron chi connectivity index (χ2n) is 8.50. The Labute approximate surface area is 148 Å². The first-order valence-electron chi connectivity index (χ1n) is 10.2. The quantitative estimate of drug-likeness (QED) is 0.556. The zero-order chi connectivity index (χ0) is 17.1. The highest BCUT2D eigenvalue weighted by Gasteiger charge is 2.36. The maximum Gasteiger partial charge on any atom is 0.184 e. The Hall–Kier alpha value is -1.11. The largest absolute Gasteiger partial charge is 0.289 e. The molecule has 0 amide bonds. The minimum Gasteiger partial charge on any atom is -0.289 e. The number of hydrogen-bond donors (Lipinski definition) is 0. The molecule has 24 heavy (non-hydrogen) atoms. The van der Waals surface area contributed by atoms with Crippen LogP contribution in [0.5, 0.6) is 0 Å². The number of carbonyl (C=O) groups is 1. The van der Waals surface area contributed by atoms with Gasteiger partial charge < -0.3 is 0 Å². The van der Waals surface area contributed by atoms with E-state index in [0.29, 0.717) is 11.8 Å². The zero-order valence-electron chi connectivity index (χ0n) is 15.5. The number of hydrogen-bond acceptors (Lipinski definition) is 1. The molecule has 2 saturated carbocycles. The smallest absolute Gasteiger partial charge is 0.184 e.